The molecule has 0 atom stereocenters. The highest BCUT2D eigenvalue weighted by Gasteiger charge is 2.32. The maximum atomic E-state index is 12.6. The van der Waals surface area contributed by atoms with E-state index >= 15 is 0 Å². The van der Waals surface area contributed by atoms with Crippen LogP contribution in [0.5, 0.6) is 0 Å². The van der Waals surface area contributed by atoms with Gasteiger partial charge >= 0.3 is 6.18 Å². The van der Waals surface area contributed by atoms with Gasteiger partial charge in [-0.2, -0.15) is 18.2 Å². The largest absolute Gasteiger partial charge is 0.433 e. The zero-order valence-corrected chi connectivity index (χ0v) is 12.3. The minimum absolute atomic E-state index is 0.0693. The van der Waals surface area contributed by atoms with E-state index in [0.717, 1.165) is 35.4 Å². The molecule has 114 valence electrons. The Kier molecular flexibility index (Phi) is 3.47. The van der Waals surface area contributed by atoms with Gasteiger partial charge in [-0.05, 0) is 37.7 Å². The first-order chi connectivity index (χ1) is 10.3. The van der Waals surface area contributed by atoms with E-state index in [-0.39, 0.29) is 10.3 Å². The zero-order valence-electron chi connectivity index (χ0n) is 11.5. The monoisotopic (exact) mass is 326 g/mol. The summed E-state index contributed by atoms with van der Waals surface area (Å²) in [6.07, 6.45) is -3.46. The van der Waals surface area contributed by atoms with Gasteiger partial charge in [0.15, 0.2) is 5.16 Å². The van der Waals surface area contributed by atoms with Crippen LogP contribution in [0.3, 0.4) is 0 Å². The van der Waals surface area contributed by atoms with Crippen molar-refractivity contribution in [2.24, 2.45) is 0 Å². The fraction of sp³-hybridized carbons (Fsp3) is 0.250. The van der Waals surface area contributed by atoms with E-state index in [1.165, 1.54) is 4.52 Å². The fourth-order valence-electron chi connectivity index (χ4n) is 1.82. The number of aromatic nitrogens is 6. The summed E-state index contributed by atoms with van der Waals surface area (Å²) in [5.41, 5.74) is 0.606. The van der Waals surface area contributed by atoms with Crippen molar-refractivity contribution in [1.82, 2.24) is 29.5 Å². The van der Waals surface area contributed by atoms with Crippen LogP contribution in [0.2, 0.25) is 0 Å². The van der Waals surface area contributed by atoms with Crippen LogP contribution in [0.1, 0.15) is 17.1 Å². The Hall–Kier alpha value is -2.23. The summed E-state index contributed by atoms with van der Waals surface area (Å²) in [5, 5.41) is 4.35. The lowest BCUT2D eigenvalue weighted by atomic mass is 10.4. The van der Waals surface area contributed by atoms with Crippen molar-refractivity contribution in [3.63, 3.8) is 0 Å². The standard InChI is InChI=1S/C12H9F3N6S/c1-6-5-7(2)21-9(17-6)19-11(20-21)22-10-16-4-3-8(18-10)12(13,14)15/h3-5H,1-2H3. The lowest BCUT2D eigenvalue weighted by Crippen LogP contribution is -2.08. The predicted molar refractivity (Wildman–Crippen MR) is 71.4 cm³/mol. The molecule has 0 saturated heterocycles. The Morgan fingerprint density at radius 2 is 1.86 bits per heavy atom. The lowest BCUT2D eigenvalue weighted by Gasteiger charge is -2.05. The van der Waals surface area contributed by atoms with E-state index in [4.69, 9.17) is 0 Å². The average Bonchev–Trinajstić information content (AvgIpc) is 2.80. The number of fused-ring (bicyclic) bond motifs is 1. The molecule has 0 bridgehead atoms. The van der Waals surface area contributed by atoms with Gasteiger partial charge in [-0.25, -0.2) is 19.5 Å². The Morgan fingerprint density at radius 1 is 1.09 bits per heavy atom. The number of nitrogens with zero attached hydrogens (tertiary/aromatic N) is 6. The minimum Gasteiger partial charge on any atom is -0.231 e. The second kappa shape index (κ2) is 5.20. The van der Waals surface area contributed by atoms with Crippen LogP contribution in [-0.2, 0) is 6.18 Å². The van der Waals surface area contributed by atoms with Gasteiger partial charge in [0.2, 0.25) is 5.16 Å². The molecule has 0 aliphatic rings. The molecule has 3 aromatic heterocycles. The number of rotatable bonds is 2. The van der Waals surface area contributed by atoms with Crippen LogP contribution in [0.15, 0.2) is 28.6 Å². The number of hydrogen-bond donors (Lipinski definition) is 0. The van der Waals surface area contributed by atoms with Crippen LogP contribution in [0.25, 0.3) is 5.78 Å². The molecule has 0 aliphatic carbocycles. The smallest absolute Gasteiger partial charge is 0.231 e. The highest BCUT2D eigenvalue weighted by molar-refractivity contribution is 7.99. The van der Waals surface area contributed by atoms with Crippen LogP contribution in [0, 0.1) is 13.8 Å². The molecule has 0 saturated carbocycles. The number of hydrogen-bond acceptors (Lipinski definition) is 6. The maximum absolute atomic E-state index is 12.6. The molecule has 0 aliphatic heterocycles. The summed E-state index contributed by atoms with van der Waals surface area (Å²) in [4.78, 5) is 15.6. The van der Waals surface area contributed by atoms with Gasteiger partial charge in [-0.15, -0.1) is 5.10 Å². The summed E-state index contributed by atoms with van der Waals surface area (Å²) < 4.78 is 39.4. The molecule has 0 fully saturated rings. The van der Waals surface area contributed by atoms with Gasteiger partial charge in [0.25, 0.3) is 5.78 Å². The minimum atomic E-state index is -4.51. The molecule has 3 rings (SSSR count). The quantitative estimate of drug-likeness (QED) is 0.675. The van der Waals surface area contributed by atoms with E-state index in [2.05, 4.69) is 25.0 Å². The van der Waals surface area contributed by atoms with E-state index < -0.39 is 11.9 Å². The fourth-order valence-corrected chi connectivity index (χ4v) is 2.49. The lowest BCUT2D eigenvalue weighted by molar-refractivity contribution is -0.141. The summed E-state index contributed by atoms with van der Waals surface area (Å²) in [6.45, 7) is 3.66. The summed E-state index contributed by atoms with van der Waals surface area (Å²) >= 11 is 0.853. The summed E-state index contributed by atoms with van der Waals surface area (Å²) in [6, 6.07) is 2.65. The van der Waals surface area contributed by atoms with Crippen molar-refractivity contribution in [2.75, 3.05) is 0 Å². The highest BCUT2D eigenvalue weighted by atomic mass is 32.2. The van der Waals surface area contributed by atoms with Crippen molar-refractivity contribution < 1.29 is 13.2 Å². The third kappa shape index (κ3) is 2.86. The Balaban J connectivity index is 1.95. The molecular formula is C12H9F3N6S. The Bertz CT molecular complexity index is 844. The molecule has 0 radical (unpaired) electrons. The third-order valence-electron chi connectivity index (χ3n) is 2.71. The Morgan fingerprint density at radius 3 is 2.59 bits per heavy atom. The van der Waals surface area contributed by atoms with Crippen LogP contribution >= 0.6 is 11.8 Å². The first-order valence-corrected chi connectivity index (χ1v) is 6.94. The second-order valence-electron chi connectivity index (χ2n) is 4.47. The molecule has 6 nitrogen and oxygen atoms in total. The van der Waals surface area contributed by atoms with Crippen LogP contribution in [-0.4, -0.2) is 29.5 Å². The van der Waals surface area contributed by atoms with Crippen LogP contribution < -0.4 is 0 Å². The summed E-state index contributed by atoms with van der Waals surface area (Å²) in [5.74, 6) is 0.381. The molecular weight excluding hydrogens is 317 g/mol. The van der Waals surface area contributed by atoms with E-state index in [1.54, 1.807) is 0 Å². The second-order valence-corrected chi connectivity index (χ2v) is 5.40. The molecule has 10 heteroatoms. The van der Waals surface area contributed by atoms with E-state index in [1.807, 2.05) is 19.9 Å². The van der Waals surface area contributed by atoms with Crippen molar-refractivity contribution >= 4 is 17.5 Å². The number of alkyl halides is 3. The molecule has 3 heterocycles. The molecule has 0 unspecified atom stereocenters. The van der Waals surface area contributed by atoms with Crippen LogP contribution in [0.4, 0.5) is 13.2 Å². The number of aryl methyl sites for hydroxylation is 2. The van der Waals surface area contributed by atoms with Gasteiger partial charge in [-0.3, -0.25) is 0 Å². The third-order valence-corrected chi connectivity index (χ3v) is 3.44. The topological polar surface area (TPSA) is 68.9 Å². The molecule has 0 amide bonds. The molecule has 3 aromatic rings. The highest BCUT2D eigenvalue weighted by Crippen LogP contribution is 2.29. The van der Waals surface area contributed by atoms with Crippen molar-refractivity contribution in [1.29, 1.82) is 0 Å². The SMILES string of the molecule is Cc1cc(C)n2nc(Sc3nccc(C(F)(F)F)n3)nc2n1. The van der Waals surface area contributed by atoms with Gasteiger partial charge in [0.1, 0.15) is 5.69 Å². The zero-order chi connectivity index (χ0) is 15.9. The van der Waals surface area contributed by atoms with E-state index in [0.29, 0.717) is 5.78 Å². The van der Waals surface area contributed by atoms with Crippen molar-refractivity contribution in [3.8, 4) is 0 Å². The molecule has 0 spiro atoms. The molecule has 22 heavy (non-hydrogen) atoms. The van der Waals surface area contributed by atoms with Gasteiger partial charge < -0.3 is 0 Å². The van der Waals surface area contributed by atoms with Crippen molar-refractivity contribution in [3.05, 3.63) is 35.4 Å². The normalized spacial score (nSPS) is 12.0. The van der Waals surface area contributed by atoms with Gasteiger partial charge in [0.05, 0.1) is 0 Å². The van der Waals surface area contributed by atoms with Crippen molar-refractivity contribution in [2.45, 2.75) is 30.3 Å². The Labute approximate surface area is 126 Å². The van der Waals surface area contributed by atoms with Gasteiger partial charge in [-0.1, -0.05) is 0 Å². The predicted octanol–water partition coefficient (Wildman–Crippen LogP) is 2.70. The maximum Gasteiger partial charge on any atom is 0.433 e. The first kappa shape index (κ1) is 14.7. The first-order valence-electron chi connectivity index (χ1n) is 6.12. The average molecular weight is 326 g/mol. The van der Waals surface area contributed by atoms with E-state index in [9.17, 15) is 13.2 Å². The molecule has 0 aromatic carbocycles. The van der Waals surface area contributed by atoms with Gasteiger partial charge in [0, 0.05) is 17.6 Å². The number of halogens is 3. The summed E-state index contributed by atoms with van der Waals surface area (Å²) in [7, 11) is 0. The molecule has 0 N–H and O–H groups in total.